The minimum Gasteiger partial charge on any atom is -0.497 e. The van der Waals surface area contributed by atoms with Crippen molar-refractivity contribution in [1.82, 2.24) is 15.1 Å². The molecule has 0 fully saturated rings. The van der Waals surface area contributed by atoms with E-state index >= 15 is 0 Å². The Morgan fingerprint density at radius 2 is 1.96 bits per heavy atom. The molecule has 27 heavy (non-hydrogen) atoms. The van der Waals surface area contributed by atoms with Crippen molar-refractivity contribution in [3.8, 4) is 11.5 Å². The first-order chi connectivity index (χ1) is 13.0. The highest BCUT2D eigenvalue weighted by Crippen LogP contribution is 2.29. The van der Waals surface area contributed by atoms with Gasteiger partial charge in [0.1, 0.15) is 18.0 Å². The molecule has 0 aliphatic rings. The minimum absolute atomic E-state index is 0.166. The Hall–Kier alpha value is -3.35. The van der Waals surface area contributed by atoms with Gasteiger partial charge in [-0.05, 0) is 31.2 Å². The smallest absolute Gasteiger partial charge is 0.275 e. The van der Waals surface area contributed by atoms with Gasteiger partial charge in [-0.2, -0.15) is 5.10 Å². The number of ether oxygens (including phenoxy) is 2. The lowest BCUT2D eigenvalue weighted by Crippen LogP contribution is -2.35. The fourth-order valence-corrected chi connectivity index (χ4v) is 2.92. The van der Waals surface area contributed by atoms with Crippen molar-refractivity contribution in [1.29, 1.82) is 0 Å². The molecule has 7 heteroatoms. The monoisotopic (exact) mass is 367 g/mol. The van der Waals surface area contributed by atoms with E-state index in [0.29, 0.717) is 16.9 Å². The van der Waals surface area contributed by atoms with E-state index in [9.17, 15) is 9.59 Å². The summed E-state index contributed by atoms with van der Waals surface area (Å²) < 4.78 is 11.8. The van der Waals surface area contributed by atoms with Gasteiger partial charge in [0.2, 0.25) is 5.91 Å². The second kappa shape index (κ2) is 7.90. The van der Waals surface area contributed by atoms with Crippen LogP contribution in [0.5, 0.6) is 11.5 Å². The number of carbonyl (C=O) groups is 1. The molecule has 140 valence electrons. The second-order valence-electron chi connectivity index (χ2n) is 6.09. The molecule has 1 atom stereocenters. The molecule has 0 bridgehead atoms. The van der Waals surface area contributed by atoms with Crippen LogP contribution in [0.2, 0.25) is 0 Å². The van der Waals surface area contributed by atoms with Gasteiger partial charge in [0.05, 0.1) is 31.8 Å². The van der Waals surface area contributed by atoms with Crippen molar-refractivity contribution in [2.45, 2.75) is 19.5 Å². The van der Waals surface area contributed by atoms with Crippen LogP contribution in [0.1, 0.15) is 18.5 Å². The van der Waals surface area contributed by atoms with E-state index in [1.54, 1.807) is 44.7 Å². The molecule has 1 N–H and O–H groups in total. The topological polar surface area (TPSA) is 82.4 Å². The van der Waals surface area contributed by atoms with Crippen LogP contribution in [0.3, 0.4) is 0 Å². The highest BCUT2D eigenvalue weighted by Gasteiger charge is 2.16. The third-order valence-corrected chi connectivity index (χ3v) is 4.34. The van der Waals surface area contributed by atoms with Crippen LogP contribution in [0.4, 0.5) is 0 Å². The Bertz CT molecular complexity index is 1030. The molecule has 0 spiro atoms. The fourth-order valence-electron chi connectivity index (χ4n) is 2.92. The number of hydrogen-bond acceptors (Lipinski definition) is 5. The molecule has 1 aromatic heterocycles. The lowest BCUT2D eigenvalue weighted by molar-refractivity contribution is -0.122. The third kappa shape index (κ3) is 3.92. The zero-order chi connectivity index (χ0) is 19.4. The largest absolute Gasteiger partial charge is 0.497 e. The molecular weight excluding hydrogens is 346 g/mol. The lowest BCUT2D eigenvalue weighted by atomic mass is 10.1. The van der Waals surface area contributed by atoms with Crippen LogP contribution < -0.4 is 20.3 Å². The summed E-state index contributed by atoms with van der Waals surface area (Å²) in [6.45, 7) is 1.67. The number of nitrogens with zero attached hydrogens (tertiary/aromatic N) is 2. The molecule has 3 aromatic rings. The second-order valence-corrected chi connectivity index (χ2v) is 6.09. The van der Waals surface area contributed by atoms with Gasteiger partial charge in [-0.1, -0.05) is 18.2 Å². The maximum atomic E-state index is 12.5. The summed E-state index contributed by atoms with van der Waals surface area (Å²) in [7, 11) is 3.14. The van der Waals surface area contributed by atoms with Crippen LogP contribution in [-0.4, -0.2) is 29.9 Å². The quantitative estimate of drug-likeness (QED) is 0.723. The molecule has 1 amide bonds. The van der Waals surface area contributed by atoms with Crippen molar-refractivity contribution >= 4 is 16.7 Å². The summed E-state index contributed by atoms with van der Waals surface area (Å²) in [6, 6.07) is 12.2. The van der Waals surface area contributed by atoms with Gasteiger partial charge in [-0.15, -0.1) is 0 Å². The summed E-state index contributed by atoms with van der Waals surface area (Å²) in [5, 5.41) is 8.23. The standard InChI is InChI=1S/C20H21N3O4/c1-13(17-10-15(26-2)8-9-18(17)27-3)22-19(24)12-23-20(25)16-7-5-4-6-14(16)11-21-23/h4-11,13H,12H2,1-3H3,(H,22,24)/t13-/m1/s1. The van der Waals surface area contributed by atoms with Crippen LogP contribution in [0.25, 0.3) is 10.8 Å². The zero-order valence-corrected chi connectivity index (χ0v) is 15.4. The normalized spacial score (nSPS) is 11.8. The Labute approximate surface area is 156 Å². The predicted molar refractivity (Wildman–Crippen MR) is 102 cm³/mol. The number of rotatable bonds is 6. The maximum absolute atomic E-state index is 12.5. The molecular formula is C20H21N3O4. The summed E-state index contributed by atoms with van der Waals surface area (Å²) in [5.41, 5.74) is 0.485. The van der Waals surface area contributed by atoms with Gasteiger partial charge in [-0.3, -0.25) is 9.59 Å². The van der Waals surface area contributed by atoms with Crippen molar-refractivity contribution < 1.29 is 14.3 Å². The molecule has 7 nitrogen and oxygen atoms in total. The van der Waals surface area contributed by atoms with Crippen LogP contribution in [0.15, 0.2) is 53.5 Å². The van der Waals surface area contributed by atoms with Gasteiger partial charge in [0, 0.05) is 10.9 Å². The molecule has 0 saturated carbocycles. The lowest BCUT2D eigenvalue weighted by Gasteiger charge is -2.18. The van der Waals surface area contributed by atoms with Gasteiger partial charge in [0.15, 0.2) is 0 Å². The zero-order valence-electron chi connectivity index (χ0n) is 15.4. The number of benzene rings is 2. The number of amides is 1. The van der Waals surface area contributed by atoms with Crippen LogP contribution in [0, 0.1) is 0 Å². The van der Waals surface area contributed by atoms with Gasteiger partial charge >= 0.3 is 0 Å². The fraction of sp³-hybridized carbons (Fsp3) is 0.250. The maximum Gasteiger partial charge on any atom is 0.275 e. The Balaban J connectivity index is 1.78. The Morgan fingerprint density at radius 3 is 2.70 bits per heavy atom. The number of aromatic nitrogens is 2. The first kappa shape index (κ1) is 18.4. The van der Waals surface area contributed by atoms with Gasteiger partial charge in [0.25, 0.3) is 5.56 Å². The number of carbonyl (C=O) groups excluding carboxylic acids is 1. The van der Waals surface area contributed by atoms with Crippen LogP contribution in [-0.2, 0) is 11.3 Å². The van der Waals surface area contributed by atoms with Crippen molar-refractivity contribution in [3.63, 3.8) is 0 Å². The van der Waals surface area contributed by atoms with E-state index in [4.69, 9.17) is 9.47 Å². The molecule has 0 aliphatic heterocycles. The average molecular weight is 367 g/mol. The SMILES string of the molecule is COc1ccc(OC)c([C@@H](C)NC(=O)Cn2ncc3ccccc3c2=O)c1. The molecule has 0 saturated heterocycles. The summed E-state index contributed by atoms with van der Waals surface area (Å²) in [6.07, 6.45) is 1.58. The summed E-state index contributed by atoms with van der Waals surface area (Å²) in [4.78, 5) is 24.9. The molecule has 0 radical (unpaired) electrons. The minimum atomic E-state index is -0.335. The molecule has 3 rings (SSSR count). The highest BCUT2D eigenvalue weighted by atomic mass is 16.5. The highest BCUT2D eigenvalue weighted by molar-refractivity contribution is 5.81. The molecule has 2 aromatic carbocycles. The van der Waals surface area contributed by atoms with E-state index < -0.39 is 0 Å². The Kier molecular flexibility index (Phi) is 5.40. The van der Waals surface area contributed by atoms with E-state index in [2.05, 4.69) is 10.4 Å². The number of nitrogens with one attached hydrogen (secondary N) is 1. The summed E-state index contributed by atoms with van der Waals surface area (Å²) in [5.74, 6) is 0.987. The number of fused-ring (bicyclic) bond motifs is 1. The van der Waals surface area contributed by atoms with Crippen molar-refractivity contribution in [2.24, 2.45) is 0 Å². The first-order valence-corrected chi connectivity index (χ1v) is 8.49. The third-order valence-electron chi connectivity index (χ3n) is 4.34. The summed E-state index contributed by atoms with van der Waals surface area (Å²) >= 11 is 0. The molecule has 0 aliphatic carbocycles. The Morgan fingerprint density at radius 1 is 1.19 bits per heavy atom. The molecule has 0 unspecified atom stereocenters. The van der Waals surface area contributed by atoms with E-state index in [1.165, 1.54) is 0 Å². The first-order valence-electron chi connectivity index (χ1n) is 8.49. The van der Waals surface area contributed by atoms with Crippen molar-refractivity contribution in [3.05, 3.63) is 64.6 Å². The van der Waals surface area contributed by atoms with Gasteiger partial charge < -0.3 is 14.8 Å². The number of hydrogen-bond donors (Lipinski definition) is 1. The molecule has 1 heterocycles. The van der Waals surface area contributed by atoms with Crippen LogP contribution >= 0.6 is 0 Å². The van der Waals surface area contributed by atoms with Gasteiger partial charge in [-0.25, -0.2) is 4.68 Å². The number of methoxy groups -OCH3 is 2. The van der Waals surface area contributed by atoms with E-state index in [0.717, 1.165) is 15.6 Å². The van der Waals surface area contributed by atoms with E-state index in [-0.39, 0.29) is 24.1 Å². The average Bonchev–Trinajstić information content (AvgIpc) is 2.69. The van der Waals surface area contributed by atoms with E-state index in [1.807, 2.05) is 25.1 Å². The van der Waals surface area contributed by atoms with Crippen molar-refractivity contribution in [2.75, 3.05) is 14.2 Å². The predicted octanol–water partition coefficient (Wildman–Crippen LogP) is 2.29.